The molecule has 0 aliphatic carbocycles. The molecule has 0 saturated carbocycles. The van der Waals surface area contributed by atoms with Crippen molar-refractivity contribution >= 4 is 12.6 Å². The molecule has 0 unspecified atom stereocenters. The number of hydrogen-bond donors (Lipinski definition) is 2. The molecule has 0 aliphatic heterocycles. The summed E-state index contributed by atoms with van der Waals surface area (Å²) in [7, 11) is -1.36. The van der Waals surface area contributed by atoms with Gasteiger partial charge in [0.1, 0.15) is 0 Å². The number of unbranched alkanes of at least 4 members (excludes halogenated alkanes) is 24. The highest BCUT2D eigenvalue weighted by Gasteiger charge is 2.13. The minimum Gasteiger partial charge on any atom is -0.423 e. The van der Waals surface area contributed by atoms with Crippen LogP contribution in [0.4, 0.5) is 0 Å². The predicted octanol–water partition coefficient (Wildman–Crippen LogP) is 10.6. The van der Waals surface area contributed by atoms with Gasteiger partial charge in [-0.25, -0.2) is 0 Å². The van der Waals surface area contributed by atoms with Crippen LogP contribution in [0.15, 0.2) is 18.2 Å². The van der Waals surface area contributed by atoms with Crippen molar-refractivity contribution in [3.63, 3.8) is 0 Å². The van der Waals surface area contributed by atoms with Gasteiger partial charge in [0.2, 0.25) is 0 Å². The van der Waals surface area contributed by atoms with E-state index in [0.29, 0.717) is 5.46 Å². The summed E-state index contributed by atoms with van der Waals surface area (Å²) in [6, 6.07) is 6.35. The summed E-state index contributed by atoms with van der Waals surface area (Å²) in [6.07, 6.45) is 37.9. The molecule has 0 atom stereocenters. The van der Waals surface area contributed by atoms with Crippen LogP contribution in [0.5, 0.6) is 0 Å². The summed E-state index contributed by atoms with van der Waals surface area (Å²) < 4.78 is 0. The highest BCUT2D eigenvalue weighted by molar-refractivity contribution is 6.58. The first kappa shape index (κ1) is 36.2. The van der Waals surface area contributed by atoms with E-state index in [-0.39, 0.29) is 0 Å². The second-order valence-electron chi connectivity index (χ2n) is 12.4. The normalized spacial score (nSPS) is 11.4. The summed E-state index contributed by atoms with van der Waals surface area (Å²) in [5, 5.41) is 19.6. The van der Waals surface area contributed by atoms with Gasteiger partial charge in [-0.3, -0.25) is 0 Å². The minimum atomic E-state index is -1.36. The molecule has 0 radical (unpaired) electrons. The van der Waals surface area contributed by atoms with Crippen molar-refractivity contribution in [3.05, 3.63) is 29.3 Å². The number of aryl methyl sites for hydroxylation is 2. The van der Waals surface area contributed by atoms with Crippen LogP contribution in [0.25, 0.3) is 0 Å². The van der Waals surface area contributed by atoms with Crippen molar-refractivity contribution < 1.29 is 10.0 Å². The van der Waals surface area contributed by atoms with E-state index in [1.54, 1.807) is 0 Å². The first-order valence-corrected chi connectivity index (χ1v) is 17.7. The SMILES string of the molecule is CCCCCCCCCCCCCCCc1cc(CCCCCCCCCCCCCCC)cc(B(O)O)c1. The Morgan fingerprint density at radius 1 is 0.385 bits per heavy atom. The number of benzene rings is 1. The lowest BCUT2D eigenvalue weighted by Crippen LogP contribution is -2.30. The van der Waals surface area contributed by atoms with Crippen molar-refractivity contribution in [1.82, 2.24) is 0 Å². The van der Waals surface area contributed by atoms with Gasteiger partial charge in [-0.05, 0) is 42.3 Å². The second kappa shape index (κ2) is 27.4. The van der Waals surface area contributed by atoms with Gasteiger partial charge >= 0.3 is 7.12 Å². The summed E-state index contributed by atoms with van der Waals surface area (Å²) in [6.45, 7) is 4.57. The van der Waals surface area contributed by atoms with Gasteiger partial charge in [0.15, 0.2) is 0 Å². The summed E-state index contributed by atoms with van der Waals surface area (Å²) >= 11 is 0. The van der Waals surface area contributed by atoms with E-state index in [0.717, 1.165) is 12.8 Å². The van der Waals surface area contributed by atoms with Gasteiger partial charge in [-0.15, -0.1) is 0 Å². The molecule has 2 nitrogen and oxygen atoms in total. The van der Waals surface area contributed by atoms with Crippen molar-refractivity contribution in [2.24, 2.45) is 0 Å². The fourth-order valence-corrected chi connectivity index (χ4v) is 5.92. The van der Waals surface area contributed by atoms with E-state index >= 15 is 0 Å². The van der Waals surface area contributed by atoms with Crippen LogP contribution in [-0.2, 0) is 12.8 Å². The molecule has 0 aliphatic rings. The third-order valence-corrected chi connectivity index (χ3v) is 8.51. The lowest BCUT2D eigenvalue weighted by atomic mass is 9.78. The van der Waals surface area contributed by atoms with E-state index in [1.165, 1.54) is 178 Å². The van der Waals surface area contributed by atoms with Gasteiger partial charge in [0.25, 0.3) is 0 Å². The summed E-state index contributed by atoms with van der Waals surface area (Å²) in [5.74, 6) is 0. The maximum atomic E-state index is 9.80. The molecule has 226 valence electrons. The molecule has 0 bridgehead atoms. The molecule has 0 spiro atoms. The largest absolute Gasteiger partial charge is 0.488 e. The highest BCUT2D eigenvalue weighted by Crippen LogP contribution is 2.17. The third kappa shape index (κ3) is 22.6. The van der Waals surface area contributed by atoms with E-state index in [2.05, 4.69) is 19.9 Å². The Kier molecular flexibility index (Phi) is 25.4. The molecule has 1 aromatic rings. The lowest BCUT2D eigenvalue weighted by molar-refractivity contribution is 0.425. The van der Waals surface area contributed by atoms with E-state index in [4.69, 9.17) is 0 Å². The Morgan fingerprint density at radius 3 is 0.897 bits per heavy atom. The van der Waals surface area contributed by atoms with Gasteiger partial charge in [0.05, 0.1) is 0 Å². The van der Waals surface area contributed by atoms with E-state index in [1.807, 2.05) is 12.1 Å². The Balaban J connectivity index is 2.10. The predicted molar refractivity (Wildman–Crippen MR) is 175 cm³/mol. The molecular formula is C36H67BO2. The van der Waals surface area contributed by atoms with Gasteiger partial charge in [-0.2, -0.15) is 0 Å². The zero-order chi connectivity index (χ0) is 28.2. The molecule has 0 aromatic heterocycles. The topological polar surface area (TPSA) is 40.5 Å². The zero-order valence-corrected chi connectivity index (χ0v) is 26.5. The van der Waals surface area contributed by atoms with Crippen LogP contribution in [0.3, 0.4) is 0 Å². The van der Waals surface area contributed by atoms with Crippen LogP contribution in [-0.4, -0.2) is 17.2 Å². The molecular weight excluding hydrogens is 475 g/mol. The average molecular weight is 543 g/mol. The molecule has 39 heavy (non-hydrogen) atoms. The monoisotopic (exact) mass is 543 g/mol. The van der Waals surface area contributed by atoms with Crippen LogP contribution in [0, 0.1) is 0 Å². The molecule has 1 rings (SSSR count). The first-order valence-electron chi connectivity index (χ1n) is 17.7. The van der Waals surface area contributed by atoms with Crippen LogP contribution >= 0.6 is 0 Å². The molecule has 0 amide bonds. The molecule has 1 aromatic carbocycles. The lowest BCUT2D eigenvalue weighted by Gasteiger charge is -2.10. The fourth-order valence-electron chi connectivity index (χ4n) is 5.92. The van der Waals surface area contributed by atoms with Crippen molar-refractivity contribution in [2.45, 2.75) is 194 Å². The molecule has 2 N–H and O–H groups in total. The Bertz CT molecular complexity index is 597. The van der Waals surface area contributed by atoms with Crippen molar-refractivity contribution in [1.29, 1.82) is 0 Å². The summed E-state index contributed by atoms with van der Waals surface area (Å²) in [5.41, 5.74) is 3.24. The standard InChI is InChI=1S/C36H67BO2/c1-3-5-7-9-11-13-15-17-19-21-23-25-27-29-34-31-35(33-36(32-34)37(38)39)30-28-26-24-22-20-18-16-14-12-10-8-6-4-2/h31-33,38-39H,3-30H2,1-2H3. The number of hydrogen-bond acceptors (Lipinski definition) is 2. The van der Waals surface area contributed by atoms with Crippen LogP contribution < -0.4 is 5.46 Å². The molecule has 0 fully saturated rings. The third-order valence-electron chi connectivity index (χ3n) is 8.51. The Labute approximate surface area is 245 Å². The smallest absolute Gasteiger partial charge is 0.423 e. The number of rotatable bonds is 29. The molecule has 0 saturated heterocycles. The van der Waals surface area contributed by atoms with Crippen LogP contribution in [0.2, 0.25) is 0 Å². The average Bonchev–Trinajstić information content (AvgIpc) is 2.93. The van der Waals surface area contributed by atoms with Gasteiger partial charge in [-0.1, -0.05) is 186 Å². The molecule has 0 heterocycles. The minimum absolute atomic E-state index is 0.673. The van der Waals surface area contributed by atoms with Gasteiger partial charge < -0.3 is 10.0 Å². The zero-order valence-electron chi connectivity index (χ0n) is 26.5. The van der Waals surface area contributed by atoms with E-state index in [9.17, 15) is 10.0 Å². The quantitative estimate of drug-likeness (QED) is 0.0781. The first-order chi connectivity index (χ1) is 19.2. The van der Waals surface area contributed by atoms with Crippen LogP contribution in [0.1, 0.15) is 192 Å². The maximum Gasteiger partial charge on any atom is 0.488 e. The Hall–Kier alpha value is -0.795. The highest BCUT2D eigenvalue weighted by atomic mass is 16.4. The Morgan fingerprint density at radius 2 is 0.641 bits per heavy atom. The van der Waals surface area contributed by atoms with Gasteiger partial charge in [0, 0.05) is 0 Å². The molecule has 3 heteroatoms. The van der Waals surface area contributed by atoms with Crippen molar-refractivity contribution in [3.8, 4) is 0 Å². The fraction of sp³-hybridized carbons (Fsp3) is 0.833. The maximum absolute atomic E-state index is 9.80. The summed E-state index contributed by atoms with van der Waals surface area (Å²) in [4.78, 5) is 0. The van der Waals surface area contributed by atoms with E-state index < -0.39 is 7.12 Å². The van der Waals surface area contributed by atoms with Crippen molar-refractivity contribution in [2.75, 3.05) is 0 Å². The second-order valence-corrected chi connectivity index (χ2v) is 12.4.